The average molecular weight is 529 g/mol. The molecule has 11 heteroatoms. The number of aromatic nitrogens is 2. The van der Waals surface area contributed by atoms with E-state index < -0.39 is 16.2 Å². The van der Waals surface area contributed by atoms with E-state index in [1.807, 2.05) is 35.1 Å². The summed E-state index contributed by atoms with van der Waals surface area (Å²) < 4.78 is 38.2. The van der Waals surface area contributed by atoms with Crippen molar-refractivity contribution in [1.82, 2.24) is 14.3 Å². The third kappa shape index (κ3) is 6.59. The quantitative estimate of drug-likeness (QED) is 0.160. The van der Waals surface area contributed by atoms with Gasteiger partial charge in [0.15, 0.2) is 11.2 Å². The zero-order chi connectivity index (χ0) is 26.1. The molecule has 1 heterocycles. The summed E-state index contributed by atoms with van der Waals surface area (Å²) in [5, 5.41) is 9.24. The summed E-state index contributed by atoms with van der Waals surface area (Å²) in [7, 11) is -3.84. The summed E-state index contributed by atoms with van der Waals surface area (Å²) >= 11 is 1.41. The molecule has 36 heavy (non-hydrogen) atoms. The van der Waals surface area contributed by atoms with Gasteiger partial charge in [-0.05, 0) is 48.4 Å². The van der Waals surface area contributed by atoms with Crippen LogP contribution in [0.2, 0.25) is 0 Å². The minimum atomic E-state index is -3.84. The van der Waals surface area contributed by atoms with E-state index in [2.05, 4.69) is 6.92 Å². The number of hydrogen-bond donors (Lipinski definition) is 1. The summed E-state index contributed by atoms with van der Waals surface area (Å²) in [5.41, 5.74) is 2.72. The first kappa shape index (κ1) is 27.1. The first-order chi connectivity index (χ1) is 17.3. The molecule has 0 atom stereocenters. The van der Waals surface area contributed by atoms with Crippen LogP contribution in [0.25, 0.3) is 11.1 Å². The lowest BCUT2D eigenvalue weighted by molar-refractivity contribution is 0.0998. The molecular formula is C25H28N4O5S2. The molecule has 0 spiro atoms. The average Bonchev–Trinajstić information content (AvgIpc) is 3.19. The van der Waals surface area contributed by atoms with Crippen LogP contribution < -0.4 is 9.46 Å². The summed E-state index contributed by atoms with van der Waals surface area (Å²) in [5.74, 6) is 1.21. The van der Waals surface area contributed by atoms with Crippen LogP contribution in [0.4, 0.5) is 4.79 Å². The maximum absolute atomic E-state index is 12.1. The van der Waals surface area contributed by atoms with E-state index in [0.29, 0.717) is 17.5 Å². The second kappa shape index (κ2) is 12.5. The number of thioether (sulfide) groups is 1. The highest BCUT2D eigenvalue weighted by molar-refractivity contribution is 7.98. The van der Waals surface area contributed by atoms with Crippen LogP contribution in [0, 0.1) is 11.5 Å². The van der Waals surface area contributed by atoms with Gasteiger partial charge in [0.05, 0.1) is 18.0 Å². The van der Waals surface area contributed by atoms with E-state index in [9.17, 15) is 13.2 Å². The van der Waals surface area contributed by atoms with Crippen LogP contribution in [0.5, 0.6) is 5.88 Å². The molecule has 0 saturated heterocycles. The predicted molar refractivity (Wildman–Crippen MR) is 137 cm³/mol. The lowest BCUT2D eigenvalue weighted by Crippen LogP contribution is -2.17. The number of carbonyl (C=O) groups is 1. The third-order valence-corrected chi connectivity index (χ3v) is 7.24. The number of unbranched alkanes of at least 4 members (excludes halogenated alkanes) is 1. The molecule has 1 aromatic heterocycles. The van der Waals surface area contributed by atoms with Gasteiger partial charge in [-0.1, -0.05) is 49.7 Å². The van der Waals surface area contributed by atoms with Crippen LogP contribution in [0.3, 0.4) is 0 Å². The summed E-state index contributed by atoms with van der Waals surface area (Å²) in [6.07, 6.45) is 5.28. The van der Waals surface area contributed by atoms with E-state index in [0.717, 1.165) is 41.8 Å². The Hall–Kier alpha value is -3.49. The van der Waals surface area contributed by atoms with Crippen LogP contribution in [-0.4, -0.2) is 37.0 Å². The summed E-state index contributed by atoms with van der Waals surface area (Å²) in [4.78, 5) is 16.8. The molecule has 2 aromatic carbocycles. The van der Waals surface area contributed by atoms with Crippen molar-refractivity contribution < 1.29 is 22.7 Å². The topological polar surface area (TPSA) is 123 Å². The number of benzene rings is 2. The van der Waals surface area contributed by atoms with Crippen LogP contribution in [0.1, 0.15) is 38.1 Å². The van der Waals surface area contributed by atoms with Crippen LogP contribution >= 0.6 is 11.8 Å². The monoisotopic (exact) mass is 528 g/mol. The van der Waals surface area contributed by atoms with Crippen molar-refractivity contribution in [3.63, 3.8) is 0 Å². The molecule has 3 aromatic rings. The number of nitrogens with one attached hydrogen (secondary N) is 1. The number of sulfonamides is 1. The van der Waals surface area contributed by atoms with Gasteiger partial charge in [0.1, 0.15) is 5.82 Å². The maximum atomic E-state index is 12.1. The lowest BCUT2D eigenvalue weighted by Gasteiger charge is -2.13. The first-order valence-electron chi connectivity index (χ1n) is 11.4. The van der Waals surface area contributed by atoms with Crippen molar-refractivity contribution in [2.75, 3.05) is 12.9 Å². The van der Waals surface area contributed by atoms with E-state index in [1.165, 1.54) is 30.1 Å². The number of hydrogen-bond acceptors (Lipinski definition) is 8. The highest BCUT2D eigenvalue weighted by atomic mass is 32.2. The fourth-order valence-electron chi connectivity index (χ4n) is 3.54. The predicted octanol–water partition coefficient (Wildman–Crippen LogP) is 4.96. The van der Waals surface area contributed by atoms with Gasteiger partial charge >= 0.3 is 6.16 Å². The molecule has 0 aliphatic heterocycles. The van der Waals surface area contributed by atoms with Crippen molar-refractivity contribution in [1.29, 1.82) is 5.26 Å². The van der Waals surface area contributed by atoms with E-state index in [4.69, 9.17) is 19.7 Å². The van der Waals surface area contributed by atoms with Crippen molar-refractivity contribution in [3.05, 3.63) is 59.9 Å². The molecule has 0 amide bonds. The molecule has 190 valence electrons. The highest BCUT2D eigenvalue weighted by Crippen LogP contribution is 2.31. The molecule has 0 saturated carbocycles. The van der Waals surface area contributed by atoms with Gasteiger partial charge in [0, 0.05) is 6.42 Å². The second-order valence-corrected chi connectivity index (χ2v) is 10.2. The Morgan fingerprint density at radius 3 is 2.31 bits per heavy atom. The van der Waals surface area contributed by atoms with Crippen molar-refractivity contribution in [3.8, 4) is 23.2 Å². The highest BCUT2D eigenvalue weighted by Gasteiger charge is 2.21. The van der Waals surface area contributed by atoms with Crippen LogP contribution in [-0.2, 0) is 27.7 Å². The largest absolute Gasteiger partial charge is 0.515 e. The smallest absolute Gasteiger partial charge is 0.434 e. The first-order valence-corrected chi connectivity index (χ1v) is 14.1. The zero-order valence-electron chi connectivity index (χ0n) is 20.4. The molecule has 3 rings (SSSR count). The molecule has 9 nitrogen and oxygen atoms in total. The van der Waals surface area contributed by atoms with E-state index in [1.54, 1.807) is 23.8 Å². The molecule has 0 unspecified atom stereocenters. The van der Waals surface area contributed by atoms with Crippen LogP contribution in [0.15, 0.2) is 58.5 Å². The van der Waals surface area contributed by atoms with Crippen molar-refractivity contribution in [2.45, 2.75) is 49.6 Å². The maximum Gasteiger partial charge on any atom is 0.515 e. The fourth-order valence-corrected chi connectivity index (χ4v) is 4.79. The minimum absolute atomic E-state index is 0.0165. The number of nitriles is 1. The van der Waals surface area contributed by atoms with Gasteiger partial charge in [0.2, 0.25) is 5.88 Å². The molecule has 0 fully saturated rings. The Kier molecular flexibility index (Phi) is 9.38. The third-order valence-electron chi connectivity index (χ3n) is 5.33. The Morgan fingerprint density at radius 2 is 1.75 bits per heavy atom. The Labute approximate surface area is 215 Å². The molecule has 0 radical (unpaired) electrons. The molecule has 0 aliphatic carbocycles. The molecule has 0 bridgehead atoms. The normalized spacial score (nSPS) is 11.1. The number of ether oxygens (including phenoxy) is 2. The second-order valence-electron chi connectivity index (χ2n) is 7.76. The number of carbonyl (C=O) groups excluding carboxylic acids is 1. The van der Waals surface area contributed by atoms with Crippen molar-refractivity contribution in [2.24, 2.45) is 0 Å². The van der Waals surface area contributed by atoms with Gasteiger partial charge in [0.25, 0.3) is 10.0 Å². The molecule has 1 N–H and O–H groups in total. The van der Waals surface area contributed by atoms with Gasteiger partial charge in [-0.2, -0.15) is 5.26 Å². The molecular weight excluding hydrogens is 500 g/mol. The van der Waals surface area contributed by atoms with Gasteiger partial charge in [-0.15, -0.1) is 11.8 Å². The number of nitrogens with zero attached hydrogens (tertiary/aromatic N) is 3. The number of aryl methyl sites for hydroxylation is 1. The van der Waals surface area contributed by atoms with Gasteiger partial charge < -0.3 is 9.47 Å². The Morgan fingerprint density at radius 1 is 1.11 bits per heavy atom. The number of imidazole rings is 1. The Bertz CT molecular complexity index is 1330. The molecule has 0 aliphatic rings. The summed E-state index contributed by atoms with van der Waals surface area (Å²) in [6.45, 7) is 4.50. The Balaban J connectivity index is 1.87. The summed E-state index contributed by atoms with van der Waals surface area (Å²) in [6, 6.07) is 14.1. The van der Waals surface area contributed by atoms with E-state index in [-0.39, 0.29) is 11.5 Å². The van der Waals surface area contributed by atoms with E-state index >= 15 is 0 Å². The van der Waals surface area contributed by atoms with Gasteiger partial charge in [-0.3, -0.25) is 4.57 Å². The minimum Gasteiger partial charge on any atom is -0.434 e. The lowest BCUT2D eigenvalue weighted by atomic mass is 10.0. The zero-order valence-corrected chi connectivity index (χ0v) is 22.0. The van der Waals surface area contributed by atoms with Gasteiger partial charge in [-0.25, -0.2) is 22.9 Å². The number of rotatable bonds is 11. The fraction of sp³-hybridized carbons (Fsp3) is 0.320. The standard InChI is InChI=1S/C25H28N4O5S2/c1-4-6-7-22-28-23(35-3)24(34-25(30)33-5-2)29(22)16-18-8-10-19(11-9-18)20-12-14-21(15-13-20)36(31,32)27-17-26/h8-15,27H,4-7,16H2,1-3H3. The SMILES string of the molecule is CCCCc1nc(SC)c(OC(=O)OCC)n1Cc1ccc(-c2ccc(S(=O)(=O)NC#N)cc2)cc1. The van der Waals surface area contributed by atoms with Crippen molar-refractivity contribution >= 4 is 27.9 Å².